The molecular weight excluding hydrogens is 204 g/mol. The zero-order valence-electron chi connectivity index (χ0n) is 10.4. The van der Waals surface area contributed by atoms with Crippen LogP contribution in [-0.2, 0) is 9.53 Å². The van der Waals surface area contributed by atoms with Crippen LogP contribution in [0.5, 0.6) is 0 Å². The summed E-state index contributed by atoms with van der Waals surface area (Å²) in [6, 6.07) is 0. The lowest BCUT2D eigenvalue weighted by atomic mass is 9.77. The van der Waals surface area contributed by atoms with Crippen LogP contribution in [0.25, 0.3) is 0 Å². The Labute approximate surface area is 97.9 Å². The largest absolute Gasteiger partial charge is 0.381 e. The van der Waals surface area contributed by atoms with Gasteiger partial charge in [0, 0.05) is 19.1 Å². The lowest BCUT2D eigenvalue weighted by Crippen LogP contribution is -2.52. The van der Waals surface area contributed by atoms with E-state index in [0.29, 0.717) is 6.42 Å². The Kier molecular flexibility index (Phi) is 5.22. The molecule has 4 heteroatoms. The van der Waals surface area contributed by atoms with Gasteiger partial charge in [0.15, 0.2) is 0 Å². The highest BCUT2D eigenvalue weighted by atomic mass is 16.5. The fraction of sp³-hybridized carbons (Fsp3) is 0.917. The number of hydrogen-bond donors (Lipinski definition) is 2. The number of amides is 1. The highest BCUT2D eigenvalue weighted by Gasteiger charge is 2.37. The van der Waals surface area contributed by atoms with E-state index in [9.17, 15) is 4.79 Å². The van der Waals surface area contributed by atoms with Gasteiger partial charge >= 0.3 is 0 Å². The van der Waals surface area contributed by atoms with E-state index in [1.807, 2.05) is 0 Å². The predicted molar refractivity (Wildman–Crippen MR) is 64.1 cm³/mol. The van der Waals surface area contributed by atoms with Gasteiger partial charge in [0.2, 0.25) is 5.91 Å². The van der Waals surface area contributed by atoms with Crippen molar-refractivity contribution in [2.24, 2.45) is 5.73 Å². The molecule has 1 fully saturated rings. The molecule has 1 aliphatic carbocycles. The van der Waals surface area contributed by atoms with Crippen LogP contribution in [0.4, 0.5) is 0 Å². The van der Waals surface area contributed by atoms with Crippen molar-refractivity contribution in [2.75, 3.05) is 13.7 Å². The number of hydrogen-bond acceptors (Lipinski definition) is 3. The maximum atomic E-state index is 11.2. The van der Waals surface area contributed by atoms with Crippen molar-refractivity contribution >= 4 is 5.91 Å². The number of primary amides is 1. The third-order valence-corrected chi connectivity index (χ3v) is 3.40. The van der Waals surface area contributed by atoms with Gasteiger partial charge in [-0.15, -0.1) is 0 Å². The maximum absolute atomic E-state index is 11.2. The fourth-order valence-electron chi connectivity index (χ4n) is 2.62. The number of carbonyl (C=O) groups excluding carboxylic acids is 1. The van der Waals surface area contributed by atoms with Crippen LogP contribution in [0.2, 0.25) is 0 Å². The molecule has 0 aromatic carbocycles. The lowest BCUT2D eigenvalue weighted by Gasteiger charge is -2.40. The summed E-state index contributed by atoms with van der Waals surface area (Å²) in [5.41, 5.74) is 5.22. The van der Waals surface area contributed by atoms with Crippen LogP contribution in [-0.4, -0.2) is 31.2 Å². The first-order chi connectivity index (χ1) is 7.62. The maximum Gasteiger partial charge on any atom is 0.219 e. The van der Waals surface area contributed by atoms with Crippen molar-refractivity contribution in [1.82, 2.24) is 5.32 Å². The van der Waals surface area contributed by atoms with Crippen LogP contribution in [0.3, 0.4) is 0 Å². The second-order valence-corrected chi connectivity index (χ2v) is 4.80. The molecule has 16 heavy (non-hydrogen) atoms. The minimum absolute atomic E-state index is 0.124. The first kappa shape index (κ1) is 13.5. The summed E-state index contributed by atoms with van der Waals surface area (Å²) in [5, 5.41) is 3.50. The van der Waals surface area contributed by atoms with Crippen LogP contribution in [0.15, 0.2) is 0 Å². The third kappa shape index (κ3) is 3.76. The Morgan fingerprint density at radius 3 is 2.94 bits per heavy atom. The summed E-state index contributed by atoms with van der Waals surface area (Å²) in [7, 11) is 1.74. The first-order valence-corrected chi connectivity index (χ1v) is 6.18. The second kappa shape index (κ2) is 6.21. The second-order valence-electron chi connectivity index (χ2n) is 4.80. The van der Waals surface area contributed by atoms with E-state index in [4.69, 9.17) is 10.5 Å². The first-order valence-electron chi connectivity index (χ1n) is 6.18. The molecule has 0 aromatic rings. The van der Waals surface area contributed by atoms with Crippen LogP contribution >= 0.6 is 0 Å². The molecule has 1 amide bonds. The monoisotopic (exact) mass is 228 g/mol. The number of carbonyl (C=O) groups is 1. The summed E-state index contributed by atoms with van der Waals surface area (Å²) in [6.45, 7) is 3.06. The van der Waals surface area contributed by atoms with Gasteiger partial charge in [-0.25, -0.2) is 0 Å². The third-order valence-electron chi connectivity index (χ3n) is 3.40. The average molecular weight is 228 g/mol. The van der Waals surface area contributed by atoms with Crippen molar-refractivity contribution < 1.29 is 9.53 Å². The van der Waals surface area contributed by atoms with Gasteiger partial charge in [-0.3, -0.25) is 4.79 Å². The quantitative estimate of drug-likeness (QED) is 0.717. The van der Waals surface area contributed by atoms with E-state index in [1.165, 1.54) is 0 Å². The van der Waals surface area contributed by atoms with Crippen LogP contribution in [0, 0.1) is 0 Å². The zero-order chi connectivity index (χ0) is 12.0. The highest BCUT2D eigenvalue weighted by Crippen LogP contribution is 2.32. The molecule has 0 aromatic heterocycles. The van der Waals surface area contributed by atoms with Crippen molar-refractivity contribution in [3.05, 3.63) is 0 Å². The Morgan fingerprint density at radius 1 is 1.62 bits per heavy atom. The summed E-state index contributed by atoms with van der Waals surface area (Å²) < 4.78 is 5.42. The summed E-state index contributed by atoms with van der Waals surface area (Å²) >= 11 is 0. The van der Waals surface area contributed by atoms with Gasteiger partial charge in [-0.2, -0.15) is 0 Å². The Hall–Kier alpha value is -0.610. The van der Waals surface area contributed by atoms with Gasteiger partial charge in [0.1, 0.15) is 0 Å². The molecule has 3 N–H and O–H groups in total. The molecule has 0 heterocycles. The van der Waals surface area contributed by atoms with Crippen LogP contribution < -0.4 is 11.1 Å². The minimum atomic E-state index is -0.222. The summed E-state index contributed by atoms with van der Waals surface area (Å²) in [5.74, 6) is -0.222. The van der Waals surface area contributed by atoms with Crippen molar-refractivity contribution in [1.29, 1.82) is 0 Å². The van der Waals surface area contributed by atoms with E-state index >= 15 is 0 Å². The number of methoxy groups -OCH3 is 1. The smallest absolute Gasteiger partial charge is 0.219 e. The molecule has 1 aliphatic rings. The topological polar surface area (TPSA) is 64.3 Å². The SMILES string of the molecule is CCCNC1(CC(N)=O)CCCC(OC)C1. The zero-order valence-corrected chi connectivity index (χ0v) is 10.4. The van der Waals surface area contributed by atoms with E-state index in [-0.39, 0.29) is 17.6 Å². The minimum Gasteiger partial charge on any atom is -0.381 e. The summed E-state index contributed by atoms with van der Waals surface area (Å²) in [6.07, 6.45) is 5.86. The Balaban J connectivity index is 2.64. The number of ether oxygens (including phenoxy) is 1. The van der Waals surface area contributed by atoms with E-state index < -0.39 is 0 Å². The van der Waals surface area contributed by atoms with Crippen molar-refractivity contribution in [2.45, 2.75) is 57.1 Å². The van der Waals surface area contributed by atoms with Gasteiger partial charge in [0.05, 0.1) is 6.10 Å². The van der Waals surface area contributed by atoms with Gasteiger partial charge in [-0.05, 0) is 38.6 Å². The lowest BCUT2D eigenvalue weighted by molar-refractivity contribution is -0.120. The molecular formula is C12H24N2O2. The van der Waals surface area contributed by atoms with E-state index in [2.05, 4.69) is 12.2 Å². The summed E-state index contributed by atoms with van der Waals surface area (Å²) in [4.78, 5) is 11.2. The normalized spacial score (nSPS) is 30.2. The average Bonchev–Trinajstić information content (AvgIpc) is 2.26. The molecule has 4 nitrogen and oxygen atoms in total. The van der Waals surface area contributed by atoms with E-state index in [1.54, 1.807) is 7.11 Å². The van der Waals surface area contributed by atoms with Crippen molar-refractivity contribution in [3.63, 3.8) is 0 Å². The molecule has 0 radical (unpaired) electrons. The van der Waals surface area contributed by atoms with Gasteiger partial charge in [-0.1, -0.05) is 6.92 Å². The predicted octanol–water partition coefficient (Wildman–Crippen LogP) is 1.19. The Bertz CT molecular complexity index is 233. The van der Waals surface area contributed by atoms with E-state index in [0.717, 1.165) is 38.6 Å². The number of rotatable bonds is 6. The van der Waals surface area contributed by atoms with Gasteiger partial charge in [0.25, 0.3) is 0 Å². The van der Waals surface area contributed by atoms with Gasteiger partial charge < -0.3 is 15.8 Å². The highest BCUT2D eigenvalue weighted by molar-refractivity contribution is 5.75. The number of nitrogens with one attached hydrogen (secondary N) is 1. The number of nitrogens with two attached hydrogens (primary N) is 1. The van der Waals surface area contributed by atoms with Crippen molar-refractivity contribution in [3.8, 4) is 0 Å². The molecule has 0 aliphatic heterocycles. The molecule has 0 spiro atoms. The molecule has 2 atom stereocenters. The molecule has 0 bridgehead atoms. The molecule has 94 valence electrons. The molecule has 1 rings (SSSR count). The molecule has 2 unspecified atom stereocenters. The fourth-order valence-corrected chi connectivity index (χ4v) is 2.62. The molecule has 0 saturated heterocycles. The Morgan fingerprint density at radius 2 is 2.38 bits per heavy atom. The van der Waals surface area contributed by atoms with Crippen LogP contribution in [0.1, 0.15) is 45.4 Å². The standard InChI is InChI=1S/C12H24N2O2/c1-3-7-14-12(9-11(13)15)6-4-5-10(8-12)16-2/h10,14H,3-9H2,1-2H3,(H2,13,15). The molecule has 1 saturated carbocycles.